The Morgan fingerprint density at radius 1 is 1.33 bits per heavy atom. The van der Waals surface area contributed by atoms with Crippen LogP contribution in [0, 0.1) is 0 Å². The van der Waals surface area contributed by atoms with E-state index in [0.717, 1.165) is 19.6 Å². The van der Waals surface area contributed by atoms with Crippen LogP contribution in [0.5, 0.6) is 0 Å². The van der Waals surface area contributed by atoms with E-state index < -0.39 is 0 Å². The first-order valence-electron chi connectivity index (χ1n) is 3.39. The highest BCUT2D eigenvalue weighted by Crippen LogP contribution is 1.85. The van der Waals surface area contributed by atoms with Crippen LogP contribution in [0.4, 0.5) is 0 Å². The summed E-state index contributed by atoms with van der Waals surface area (Å²) in [4.78, 5) is 2.34. The van der Waals surface area contributed by atoms with Gasteiger partial charge >= 0.3 is 0 Å². The van der Waals surface area contributed by atoms with Gasteiger partial charge in [0.15, 0.2) is 0 Å². The zero-order chi connectivity index (χ0) is 7.11. The van der Waals surface area contributed by atoms with Crippen LogP contribution in [-0.4, -0.2) is 34.8 Å². The lowest BCUT2D eigenvalue weighted by atomic mass is 10.5. The maximum absolute atomic E-state index is 3.27. The molecule has 9 heavy (non-hydrogen) atoms. The molecule has 0 aromatic rings. The molecule has 0 rings (SSSR count). The lowest BCUT2D eigenvalue weighted by Crippen LogP contribution is -2.22. The summed E-state index contributed by atoms with van der Waals surface area (Å²) in [5.41, 5.74) is 1.90. The molecule has 0 fully saturated rings. The topological polar surface area (TPSA) is 3.24 Å². The molecule has 51 valence electrons. The zero-order valence-corrected chi connectivity index (χ0v) is 7.22. The number of hydrogen-bond acceptors (Lipinski definition) is 1. The molecular weight excluding hydrogens is 126 g/mol. The number of likely N-dealkylation sites (N-methyl/N-ethyl adjacent to an activating group) is 1. The smallest absolute Gasteiger partial charge is 0.0596 e. The van der Waals surface area contributed by atoms with E-state index in [9.17, 15) is 0 Å². The first-order chi connectivity index (χ1) is 4.35. The number of rotatable bonds is 4. The van der Waals surface area contributed by atoms with E-state index >= 15 is 0 Å². The molecule has 0 amide bonds. The second-order valence-corrected chi connectivity index (χ2v) is 2.22. The molecule has 0 bridgehead atoms. The molecule has 1 nitrogen and oxygen atoms in total. The van der Waals surface area contributed by atoms with Gasteiger partial charge in [0.25, 0.3) is 0 Å². The van der Waals surface area contributed by atoms with Crippen LogP contribution in [0.3, 0.4) is 0 Å². The molecular formula is C7H14NSi. The predicted molar refractivity (Wildman–Crippen MR) is 42.7 cm³/mol. The molecule has 0 aromatic carbocycles. The SMILES string of the molecule is CCN(CC)CC=C[Si]. The molecule has 0 saturated heterocycles. The van der Waals surface area contributed by atoms with Gasteiger partial charge in [0.05, 0.1) is 10.2 Å². The van der Waals surface area contributed by atoms with Gasteiger partial charge in [-0.2, -0.15) is 0 Å². The third-order valence-electron chi connectivity index (χ3n) is 1.38. The Bertz CT molecular complexity index is 77.0. The predicted octanol–water partition coefficient (Wildman–Crippen LogP) is 1.01. The van der Waals surface area contributed by atoms with Crippen LogP contribution >= 0.6 is 0 Å². The van der Waals surface area contributed by atoms with E-state index in [1.54, 1.807) is 0 Å². The van der Waals surface area contributed by atoms with Crippen molar-refractivity contribution >= 4 is 10.2 Å². The standard InChI is InChI=1S/C7H14NSi/c1-3-8(4-2)6-5-7-9/h5,7H,3-4,6H2,1-2H3. The summed E-state index contributed by atoms with van der Waals surface area (Å²) < 4.78 is 0. The fourth-order valence-electron chi connectivity index (χ4n) is 0.684. The van der Waals surface area contributed by atoms with Gasteiger partial charge in [0.2, 0.25) is 0 Å². The Hall–Kier alpha value is -0.0831. The molecule has 2 heteroatoms. The van der Waals surface area contributed by atoms with E-state index in [1.807, 2.05) is 5.70 Å². The summed E-state index contributed by atoms with van der Waals surface area (Å²) >= 11 is 0. The van der Waals surface area contributed by atoms with Gasteiger partial charge < -0.3 is 4.90 Å². The fourth-order valence-corrected chi connectivity index (χ4v) is 0.789. The van der Waals surface area contributed by atoms with Crippen LogP contribution in [0.15, 0.2) is 11.8 Å². The molecule has 0 aliphatic heterocycles. The van der Waals surface area contributed by atoms with Gasteiger partial charge in [0, 0.05) is 6.54 Å². The largest absolute Gasteiger partial charge is 0.300 e. The van der Waals surface area contributed by atoms with Crippen molar-refractivity contribution in [2.45, 2.75) is 13.8 Å². The number of hydrogen-bond donors (Lipinski definition) is 0. The minimum absolute atomic E-state index is 1.05. The maximum atomic E-state index is 3.27. The highest BCUT2D eigenvalue weighted by Gasteiger charge is 1.91. The zero-order valence-electron chi connectivity index (χ0n) is 6.22. The fraction of sp³-hybridized carbons (Fsp3) is 0.714. The van der Waals surface area contributed by atoms with Crippen molar-refractivity contribution in [3.05, 3.63) is 11.8 Å². The first-order valence-corrected chi connectivity index (χ1v) is 3.97. The van der Waals surface area contributed by atoms with Crippen molar-refractivity contribution in [3.63, 3.8) is 0 Å². The van der Waals surface area contributed by atoms with E-state index in [-0.39, 0.29) is 0 Å². The van der Waals surface area contributed by atoms with Crippen molar-refractivity contribution in [2.24, 2.45) is 0 Å². The normalized spacial score (nSPS) is 11.6. The molecule has 0 aliphatic carbocycles. The molecule has 0 aromatic heterocycles. The van der Waals surface area contributed by atoms with Crippen LogP contribution in [0.25, 0.3) is 0 Å². The summed E-state index contributed by atoms with van der Waals surface area (Å²) in [6, 6.07) is 0. The van der Waals surface area contributed by atoms with Crippen molar-refractivity contribution in [1.29, 1.82) is 0 Å². The lowest BCUT2D eigenvalue weighted by molar-refractivity contribution is 0.337. The van der Waals surface area contributed by atoms with Gasteiger partial charge in [-0.1, -0.05) is 19.9 Å². The summed E-state index contributed by atoms with van der Waals surface area (Å²) in [7, 11) is 3.27. The third kappa shape index (κ3) is 4.42. The summed E-state index contributed by atoms with van der Waals surface area (Å²) in [5.74, 6) is 0. The Morgan fingerprint density at radius 3 is 2.22 bits per heavy atom. The third-order valence-corrected chi connectivity index (χ3v) is 1.61. The molecule has 0 heterocycles. The Morgan fingerprint density at radius 2 is 1.89 bits per heavy atom. The monoisotopic (exact) mass is 140 g/mol. The molecule has 0 aliphatic rings. The quantitative estimate of drug-likeness (QED) is 0.527. The highest BCUT2D eigenvalue weighted by atomic mass is 28.1. The highest BCUT2D eigenvalue weighted by molar-refractivity contribution is 6.16. The molecule has 0 atom stereocenters. The average molecular weight is 140 g/mol. The van der Waals surface area contributed by atoms with Gasteiger partial charge in [-0.25, -0.2) is 0 Å². The summed E-state index contributed by atoms with van der Waals surface area (Å²) in [5, 5.41) is 0. The van der Waals surface area contributed by atoms with Crippen molar-refractivity contribution < 1.29 is 0 Å². The van der Waals surface area contributed by atoms with Gasteiger partial charge in [-0.15, -0.1) is 5.70 Å². The molecule has 0 N–H and O–H groups in total. The van der Waals surface area contributed by atoms with Crippen LogP contribution in [-0.2, 0) is 0 Å². The van der Waals surface area contributed by atoms with E-state index in [0.29, 0.717) is 0 Å². The van der Waals surface area contributed by atoms with Gasteiger partial charge in [-0.05, 0) is 13.1 Å². The van der Waals surface area contributed by atoms with E-state index in [4.69, 9.17) is 0 Å². The van der Waals surface area contributed by atoms with Gasteiger partial charge in [-0.3, -0.25) is 0 Å². The lowest BCUT2D eigenvalue weighted by Gasteiger charge is -2.14. The minimum atomic E-state index is 1.05. The maximum Gasteiger partial charge on any atom is 0.0596 e. The average Bonchev–Trinajstić information content (AvgIpc) is 1.91. The number of nitrogens with zero attached hydrogens (tertiary/aromatic N) is 1. The Kier molecular flexibility index (Phi) is 5.99. The van der Waals surface area contributed by atoms with Gasteiger partial charge in [0.1, 0.15) is 0 Å². The van der Waals surface area contributed by atoms with Crippen molar-refractivity contribution in [2.75, 3.05) is 19.6 Å². The summed E-state index contributed by atoms with van der Waals surface area (Å²) in [6.45, 7) is 7.66. The van der Waals surface area contributed by atoms with Crippen LogP contribution in [0.1, 0.15) is 13.8 Å². The molecule has 0 spiro atoms. The van der Waals surface area contributed by atoms with E-state index in [2.05, 4.69) is 35.1 Å². The first kappa shape index (κ1) is 8.92. The molecule has 0 unspecified atom stereocenters. The van der Waals surface area contributed by atoms with Crippen LogP contribution < -0.4 is 0 Å². The summed E-state index contributed by atoms with van der Waals surface area (Å²) in [6.07, 6.45) is 2.10. The van der Waals surface area contributed by atoms with Crippen molar-refractivity contribution in [3.8, 4) is 0 Å². The Labute approximate surface area is 61.2 Å². The Balaban J connectivity index is 3.31. The van der Waals surface area contributed by atoms with E-state index in [1.165, 1.54) is 0 Å². The molecule has 3 radical (unpaired) electrons. The van der Waals surface area contributed by atoms with Crippen molar-refractivity contribution in [1.82, 2.24) is 4.90 Å². The van der Waals surface area contributed by atoms with Crippen LogP contribution in [0.2, 0.25) is 0 Å². The molecule has 0 saturated carbocycles. The second kappa shape index (κ2) is 6.04. The minimum Gasteiger partial charge on any atom is -0.300 e. The second-order valence-electron chi connectivity index (χ2n) is 1.89.